The third-order valence-corrected chi connectivity index (χ3v) is 6.58. The highest BCUT2D eigenvalue weighted by Gasteiger charge is 2.28. The molecule has 4 rings (SSSR count). The van der Waals surface area contributed by atoms with Crippen molar-refractivity contribution in [3.63, 3.8) is 0 Å². The first-order valence-electron chi connectivity index (χ1n) is 9.30. The van der Waals surface area contributed by atoms with E-state index in [9.17, 15) is 23.1 Å². The lowest BCUT2D eigenvalue weighted by Crippen LogP contribution is -2.38. The molecule has 1 aliphatic rings. The zero-order valence-corrected chi connectivity index (χ0v) is 16.6. The Labute approximate surface area is 172 Å². The number of aromatic hydroxyl groups is 1. The second-order valence-corrected chi connectivity index (χ2v) is 9.34. The molecule has 2 aromatic carbocycles. The number of phenols is 1. The lowest BCUT2D eigenvalue weighted by atomic mass is 10.1. The minimum Gasteiger partial charge on any atom is -0.507 e. The highest BCUT2D eigenvalue weighted by atomic mass is 32.2. The first-order chi connectivity index (χ1) is 14.3. The molecule has 8 nitrogen and oxygen atoms in total. The summed E-state index contributed by atoms with van der Waals surface area (Å²) in [4.78, 5) is 24.5. The summed E-state index contributed by atoms with van der Waals surface area (Å²) < 4.78 is 34.2. The Kier molecular flexibility index (Phi) is 5.21. The first kappa shape index (κ1) is 20.0. The maximum atomic E-state index is 12.4. The highest BCUT2D eigenvalue weighted by Crippen LogP contribution is 2.31. The number of benzene rings is 2. The maximum Gasteiger partial charge on any atom is 0.258 e. The summed E-state index contributed by atoms with van der Waals surface area (Å²) in [5.74, 6) is -0.343. The maximum absolute atomic E-state index is 12.4. The molecule has 1 amide bonds. The molecule has 0 bridgehead atoms. The summed E-state index contributed by atoms with van der Waals surface area (Å²) in [6, 6.07) is 12.6. The van der Waals surface area contributed by atoms with Crippen molar-refractivity contribution in [2.45, 2.75) is 12.5 Å². The monoisotopic (exact) mass is 429 g/mol. The van der Waals surface area contributed by atoms with Gasteiger partial charge < -0.3 is 19.6 Å². The van der Waals surface area contributed by atoms with E-state index in [0.29, 0.717) is 17.7 Å². The van der Waals surface area contributed by atoms with Crippen LogP contribution in [0.2, 0.25) is 0 Å². The molecule has 2 N–H and O–H groups in total. The molecule has 1 fully saturated rings. The average molecular weight is 429 g/mol. The second kappa shape index (κ2) is 7.83. The van der Waals surface area contributed by atoms with Crippen molar-refractivity contribution in [3.8, 4) is 22.8 Å². The van der Waals surface area contributed by atoms with Crippen molar-refractivity contribution >= 4 is 26.7 Å². The Balaban J connectivity index is 1.53. The van der Waals surface area contributed by atoms with Gasteiger partial charge in [0.05, 0.1) is 11.5 Å². The van der Waals surface area contributed by atoms with Crippen molar-refractivity contribution in [1.29, 1.82) is 0 Å². The largest absolute Gasteiger partial charge is 0.507 e. The van der Waals surface area contributed by atoms with E-state index in [1.807, 2.05) is 18.2 Å². The lowest BCUT2D eigenvalue weighted by Gasteiger charge is -2.12. The number of carbonyl (C=O) groups excluding carboxylic acids is 1. The Hall–Kier alpha value is -3.33. The van der Waals surface area contributed by atoms with Crippen LogP contribution in [0.5, 0.6) is 11.5 Å². The predicted octanol–water partition coefficient (Wildman–Crippen LogP) is 1.85. The number of amides is 1. The van der Waals surface area contributed by atoms with Crippen LogP contribution >= 0.6 is 0 Å². The van der Waals surface area contributed by atoms with Gasteiger partial charge >= 0.3 is 0 Å². The Morgan fingerprint density at radius 1 is 1.20 bits per heavy atom. The van der Waals surface area contributed by atoms with Gasteiger partial charge in [-0.2, -0.15) is 0 Å². The normalized spacial score (nSPS) is 17.7. The molecule has 0 saturated carbocycles. The van der Waals surface area contributed by atoms with E-state index in [2.05, 4.69) is 5.32 Å². The molecule has 1 atom stereocenters. The Morgan fingerprint density at radius 2 is 1.97 bits per heavy atom. The Bertz CT molecular complexity index is 1270. The van der Waals surface area contributed by atoms with Crippen LogP contribution in [0, 0.1) is 0 Å². The minimum atomic E-state index is -3.10. The molecule has 156 valence electrons. The van der Waals surface area contributed by atoms with E-state index in [1.54, 1.807) is 12.1 Å². The topological polar surface area (TPSA) is 123 Å². The molecular formula is C21H19NO7S. The summed E-state index contributed by atoms with van der Waals surface area (Å²) in [5.41, 5.74) is 0.422. The van der Waals surface area contributed by atoms with Crippen LogP contribution < -0.4 is 15.5 Å². The second-order valence-electron chi connectivity index (χ2n) is 7.11. The van der Waals surface area contributed by atoms with Crippen LogP contribution in [0.4, 0.5) is 0 Å². The number of ether oxygens (including phenoxy) is 1. The van der Waals surface area contributed by atoms with Crippen molar-refractivity contribution in [3.05, 3.63) is 58.8 Å². The van der Waals surface area contributed by atoms with Crippen molar-refractivity contribution in [2.75, 3.05) is 18.1 Å². The van der Waals surface area contributed by atoms with Gasteiger partial charge in [-0.25, -0.2) is 8.42 Å². The van der Waals surface area contributed by atoms with E-state index in [-0.39, 0.29) is 40.6 Å². The lowest BCUT2D eigenvalue weighted by molar-refractivity contribution is -0.123. The molecule has 0 radical (unpaired) electrons. The number of sulfone groups is 1. The van der Waals surface area contributed by atoms with Gasteiger partial charge in [-0.3, -0.25) is 9.59 Å². The van der Waals surface area contributed by atoms with Gasteiger partial charge in [0, 0.05) is 29.8 Å². The van der Waals surface area contributed by atoms with Gasteiger partial charge in [0.2, 0.25) is 0 Å². The molecule has 1 aromatic heterocycles. The number of nitrogens with one attached hydrogen (secondary N) is 1. The van der Waals surface area contributed by atoms with E-state index >= 15 is 0 Å². The van der Waals surface area contributed by atoms with Crippen LogP contribution in [-0.2, 0) is 14.6 Å². The molecule has 0 spiro atoms. The van der Waals surface area contributed by atoms with Gasteiger partial charge in [0.15, 0.2) is 21.9 Å². The van der Waals surface area contributed by atoms with Crippen molar-refractivity contribution in [2.24, 2.45) is 0 Å². The predicted molar refractivity (Wildman–Crippen MR) is 110 cm³/mol. The van der Waals surface area contributed by atoms with Gasteiger partial charge in [-0.05, 0) is 6.42 Å². The zero-order valence-electron chi connectivity index (χ0n) is 15.8. The van der Waals surface area contributed by atoms with Gasteiger partial charge in [-0.15, -0.1) is 0 Å². The number of rotatable bonds is 5. The summed E-state index contributed by atoms with van der Waals surface area (Å²) >= 11 is 0. The van der Waals surface area contributed by atoms with Crippen LogP contribution in [0.15, 0.2) is 57.7 Å². The van der Waals surface area contributed by atoms with Crippen LogP contribution in [0.3, 0.4) is 0 Å². The van der Waals surface area contributed by atoms with Crippen LogP contribution in [-0.4, -0.2) is 43.6 Å². The fraction of sp³-hybridized carbons (Fsp3) is 0.238. The highest BCUT2D eigenvalue weighted by molar-refractivity contribution is 7.91. The smallest absolute Gasteiger partial charge is 0.258 e. The molecule has 9 heteroatoms. The van der Waals surface area contributed by atoms with E-state index in [0.717, 1.165) is 0 Å². The molecule has 1 saturated heterocycles. The third-order valence-electron chi connectivity index (χ3n) is 4.81. The number of hydrogen-bond donors (Lipinski definition) is 2. The standard InChI is InChI=1S/C21H19NO7S/c23-16-8-15(28-11-20(25)22-14-6-7-30(26,27)12-14)9-19-21(16)17(24)10-18(29-19)13-4-2-1-3-5-13/h1-5,8-10,14,23H,6-7,11-12H2,(H,22,25)/t14-/m1/s1. The molecule has 30 heavy (non-hydrogen) atoms. The number of hydrogen-bond acceptors (Lipinski definition) is 7. The third kappa shape index (κ3) is 4.30. The molecule has 3 aromatic rings. The summed E-state index contributed by atoms with van der Waals surface area (Å²) in [5, 5.41) is 12.9. The van der Waals surface area contributed by atoms with E-state index < -0.39 is 27.2 Å². The van der Waals surface area contributed by atoms with Crippen molar-refractivity contribution in [1.82, 2.24) is 5.32 Å². The van der Waals surface area contributed by atoms with Crippen LogP contribution in [0.25, 0.3) is 22.3 Å². The number of fused-ring (bicyclic) bond motifs is 1. The van der Waals surface area contributed by atoms with Gasteiger partial charge in [-0.1, -0.05) is 30.3 Å². The Morgan fingerprint density at radius 3 is 2.67 bits per heavy atom. The first-order valence-corrected chi connectivity index (χ1v) is 11.1. The quantitative estimate of drug-likeness (QED) is 0.634. The van der Waals surface area contributed by atoms with Gasteiger partial charge in [0.1, 0.15) is 28.2 Å². The number of phenolic OH excluding ortho intramolecular Hbond substituents is 1. The fourth-order valence-corrected chi connectivity index (χ4v) is 5.07. The van der Waals surface area contributed by atoms with Gasteiger partial charge in [0.25, 0.3) is 5.91 Å². The summed E-state index contributed by atoms with van der Waals surface area (Å²) in [6.45, 7) is -0.371. The van der Waals surface area contributed by atoms with Crippen molar-refractivity contribution < 1.29 is 27.5 Å². The summed E-state index contributed by atoms with van der Waals surface area (Å²) in [7, 11) is -3.10. The van der Waals surface area contributed by atoms with E-state index in [1.165, 1.54) is 18.2 Å². The van der Waals surface area contributed by atoms with Crippen LogP contribution in [0.1, 0.15) is 6.42 Å². The molecule has 1 aliphatic heterocycles. The molecular weight excluding hydrogens is 410 g/mol. The molecule has 0 aliphatic carbocycles. The SMILES string of the molecule is O=C(COc1cc(O)c2c(=O)cc(-c3ccccc3)oc2c1)N[C@@H]1CCS(=O)(=O)C1. The molecule has 2 heterocycles. The fourth-order valence-electron chi connectivity index (χ4n) is 3.40. The zero-order chi connectivity index (χ0) is 21.3. The molecule has 0 unspecified atom stereocenters. The van der Waals surface area contributed by atoms with E-state index in [4.69, 9.17) is 9.15 Å². The number of carbonyl (C=O) groups is 1. The average Bonchev–Trinajstić information content (AvgIpc) is 3.04. The summed E-state index contributed by atoms with van der Waals surface area (Å²) in [6.07, 6.45) is 0.373. The minimum absolute atomic E-state index is 0.0163.